The molecule has 0 aromatic heterocycles. The fraction of sp³-hybridized carbons (Fsp3) is 1.00. The summed E-state index contributed by atoms with van der Waals surface area (Å²) in [5, 5.41) is 0. The van der Waals surface area contributed by atoms with Gasteiger partial charge in [-0.15, -0.1) is 0 Å². The van der Waals surface area contributed by atoms with Crippen LogP contribution in [0.2, 0.25) is 0 Å². The van der Waals surface area contributed by atoms with Gasteiger partial charge in [-0.3, -0.25) is 9.29 Å². The molecule has 0 saturated carbocycles. The van der Waals surface area contributed by atoms with Crippen molar-refractivity contribution >= 4 is 0 Å². The van der Waals surface area contributed by atoms with E-state index >= 15 is 0 Å². The van der Waals surface area contributed by atoms with Crippen LogP contribution >= 0.6 is 0 Å². The first-order valence-electron chi connectivity index (χ1n) is 5.12. The lowest BCUT2D eigenvalue weighted by molar-refractivity contribution is -0.0478. The molecule has 0 unspecified atom stereocenters. The molecule has 0 bridgehead atoms. The van der Waals surface area contributed by atoms with Gasteiger partial charge in [0.15, 0.2) is 0 Å². The fourth-order valence-electron chi connectivity index (χ4n) is 2.66. The zero-order chi connectivity index (χ0) is 9.47. The highest BCUT2D eigenvalue weighted by Crippen LogP contribution is 2.38. The summed E-state index contributed by atoms with van der Waals surface area (Å²) < 4.78 is 17.9. The molecule has 0 radical (unpaired) electrons. The van der Waals surface area contributed by atoms with E-state index in [2.05, 4.69) is 18.7 Å². The Morgan fingerprint density at radius 1 is 1.54 bits per heavy atom. The summed E-state index contributed by atoms with van der Waals surface area (Å²) in [6.07, 6.45) is 1.85. The highest BCUT2D eigenvalue weighted by atomic mass is 19.1. The quantitative estimate of drug-likeness (QED) is 0.653. The Bertz CT molecular complexity index is 195. The Morgan fingerprint density at radius 2 is 2.31 bits per heavy atom. The van der Waals surface area contributed by atoms with Gasteiger partial charge in [-0.2, -0.15) is 0 Å². The van der Waals surface area contributed by atoms with E-state index in [1.165, 1.54) is 0 Å². The number of ether oxygens (including phenoxy) is 1. The molecule has 0 aromatic carbocycles. The van der Waals surface area contributed by atoms with Crippen molar-refractivity contribution in [1.82, 2.24) is 4.90 Å². The summed E-state index contributed by atoms with van der Waals surface area (Å²) in [4.78, 5) is 2.38. The van der Waals surface area contributed by atoms with Gasteiger partial charge in [0.1, 0.15) is 5.72 Å². The molecule has 2 rings (SSSR count). The summed E-state index contributed by atoms with van der Waals surface area (Å²) in [5.74, 6) is 0.520. The fourth-order valence-corrected chi connectivity index (χ4v) is 2.66. The Balaban J connectivity index is 2.03. The van der Waals surface area contributed by atoms with Gasteiger partial charge in [0.05, 0.1) is 13.3 Å². The van der Waals surface area contributed by atoms with Crippen molar-refractivity contribution in [3.05, 3.63) is 0 Å². The molecule has 0 aliphatic carbocycles. The van der Waals surface area contributed by atoms with Crippen LogP contribution in [0.1, 0.15) is 26.7 Å². The number of hydrogen-bond donors (Lipinski definition) is 0. The number of nitrogens with zero attached hydrogens (tertiary/aromatic N) is 1. The molecule has 2 aliphatic heterocycles. The van der Waals surface area contributed by atoms with Gasteiger partial charge in [-0.25, -0.2) is 0 Å². The zero-order valence-corrected chi connectivity index (χ0v) is 8.42. The minimum Gasteiger partial charge on any atom is -0.359 e. The van der Waals surface area contributed by atoms with Crippen LogP contribution in [-0.2, 0) is 4.74 Å². The van der Waals surface area contributed by atoms with Crippen LogP contribution in [0.3, 0.4) is 0 Å². The van der Waals surface area contributed by atoms with Crippen LogP contribution in [-0.4, -0.2) is 36.5 Å². The monoisotopic (exact) mass is 187 g/mol. The van der Waals surface area contributed by atoms with Crippen LogP contribution < -0.4 is 0 Å². The Morgan fingerprint density at radius 3 is 3.00 bits per heavy atom. The van der Waals surface area contributed by atoms with E-state index in [1.807, 2.05) is 0 Å². The summed E-state index contributed by atoms with van der Waals surface area (Å²) in [5.41, 5.74) is -0.115. The van der Waals surface area contributed by atoms with E-state index in [1.54, 1.807) is 0 Å². The SMILES string of the molecule is CC1(C)OC[C@@H]2[C@H](CCF)CCN21. The van der Waals surface area contributed by atoms with Crippen LogP contribution in [0, 0.1) is 5.92 Å². The molecular formula is C10H18FNO. The standard InChI is InChI=1S/C10H18FNO/c1-10(2)12-6-4-8(3-5-11)9(12)7-13-10/h8-9H,3-7H2,1-2H3/t8-,9-/m1/s1. The van der Waals surface area contributed by atoms with E-state index in [-0.39, 0.29) is 12.4 Å². The molecule has 2 fully saturated rings. The highest BCUT2D eigenvalue weighted by molar-refractivity contribution is 4.95. The van der Waals surface area contributed by atoms with E-state index in [4.69, 9.17) is 4.74 Å². The van der Waals surface area contributed by atoms with E-state index < -0.39 is 0 Å². The lowest BCUT2D eigenvalue weighted by atomic mass is 9.98. The Hall–Kier alpha value is -0.150. The lowest BCUT2D eigenvalue weighted by Crippen LogP contribution is -2.41. The van der Waals surface area contributed by atoms with E-state index in [0.29, 0.717) is 18.4 Å². The molecule has 0 aromatic rings. The van der Waals surface area contributed by atoms with Gasteiger partial charge in [0.25, 0.3) is 0 Å². The first-order chi connectivity index (χ1) is 6.15. The minimum atomic E-state index is -0.185. The second kappa shape index (κ2) is 3.21. The molecule has 0 amide bonds. The van der Waals surface area contributed by atoms with E-state index in [0.717, 1.165) is 19.6 Å². The van der Waals surface area contributed by atoms with Gasteiger partial charge >= 0.3 is 0 Å². The highest BCUT2D eigenvalue weighted by Gasteiger charge is 2.47. The number of halogens is 1. The third-order valence-corrected chi connectivity index (χ3v) is 3.46. The predicted octanol–water partition coefficient (Wildman–Crippen LogP) is 1.80. The zero-order valence-electron chi connectivity index (χ0n) is 8.42. The molecule has 2 saturated heterocycles. The number of hydrogen-bond acceptors (Lipinski definition) is 2. The molecule has 0 N–H and O–H groups in total. The summed E-state index contributed by atoms with van der Waals surface area (Å²) >= 11 is 0. The van der Waals surface area contributed by atoms with Gasteiger partial charge in [0.2, 0.25) is 0 Å². The van der Waals surface area contributed by atoms with Crippen LogP contribution in [0.5, 0.6) is 0 Å². The summed E-state index contributed by atoms with van der Waals surface area (Å²) in [6, 6.07) is 0.478. The third kappa shape index (κ3) is 1.48. The van der Waals surface area contributed by atoms with Crippen LogP contribution in [0.15, 0.2) is 0 Å². The maximum atomic E-state index is 12.2. The molecule has 2 atom stereocenters. The number of alkyl halides is 1. The predicted molar refractivity (Wildman–Crippen MR) is 49.2 cm³/mol. The average Bonchev–Trinajstić information content (AvgIpc) is 2.57. The molecule has 3 heteroatoms. The molecule has 2 aliphatic rings. The summed E-state index contributed by atoms with van der Waals surface area (Å²) in [7, 11) is 0. The maximum Gasteiger partial charge on any atom is 0.116 e. The van der Waals surface area contributed by atoms with Crippen molar-refractivity contribution in [2.75, 3.05) is 19.8 Å². The van der Waals surface area contributed by atoms with Crippen molar-refractivity contribution < 1.29 is 9.13 Å². The second-order valence-corrected chi connectivity index (χ2v) is 4.54. The van der Waals surface area contributed by atoms with Crippen molar-refractivity contribution in [1.29, 1.82) is 0 Å². The number of fused-ring (bicyclic) bond motifs is 1. The maximum absolute atomic E-state index is 12.2. The van der Waals surface area contributed by atoms with Crippen molar-refractivity contribution in [2.24, 2.45) is 5.92 Å². The third-order valence-electron chi connectivity index (χ3n) is 3.46. The van der Waals surface area contributed by atoms with E-state index in [9.17, 15) is 4.39 Å². The Kier molecular flexibility index (Phi) is 2.32. The number of rotatable bonds is 2. The first-order valence-corrected chi connectivity index (χ1v) is 5.12. The first kappa shape index (κ1) is 9.41. The molecule has 2 nitrogen and oxygen atoms in total. The minimum absolute atomic E-state index is 0.115. The van der Waals surface area contributed by atoms with Crippen molar-refractivity contribution in [2.45, 2.75) is 38.5 Å². The van der Waals surface area contributed by atoms with Gasteiger partial charge in [-0.05, 0) is 32.6 Å². The van der Waals surface area contributed by atoms with Gasteiger partial charge in [-0.1, -0.05) is 0 Å². The van der Waals surface area contributed by atoms with Crippen molar-refractivity contribution in [3.63, 3.8) is 0 Å². The molecule has 0 spiro atoms. The van der Waals surface area contributed by atoms with Gasteiger partial charge in [0, 0.05) is 12.6 Å². The largest absolute Gasteiger partial charge is 0.359 e. The molecule has 2 heterocycles. The molecule has 13 heavy (non-hydrogen) atoms. The van der Waals surface area contributed by atoms with Gasteiger partial charge < -0.3 is 4.74 Å². The average molecular weight is 187 g/mol. The second-order valence-electron chi connectivity index (χ2n) is 4.54. The normalized spacial score (nSPS) is 38.1. The summed E-state index contributed by atoms with van der Waals surface area (Å²) in [6.45, 7) is 5.88. The van der Waals surface area contributed by atoms with Crippen LogP contribution in [0.25, 0.3) is 0 Å². The molecule has 76 valence electrons. The topological polar surface area (TPSA) is 12.5 Å². The smallest absolute Gasteiger partial charge is 0.116 e. The molecular weight excluding hydrogens is 169 g/mol. The lowest BCUT2D eigenvalue weighted by Gasteiger charge is -2.29. The van der Waals surface area contributed by atoms with Crippen LogP contribution in [0.4, 0.5) is 4.39 Å². The Labute approximate surface area is 79.1 Å². The van der Waals surface area contributed by atoms with Crippen molar-refractivity contribution in [3.8, 4) is 0 Å².